The molecule has 27 heavy (non-hydrogen) atoms. The van der Waals surface area contributed by atoms with Crippen LogP contribution >= 0.6 is 0 Å². The van der Waals surface area contributed by atoms with Crippen LogP contribution in [0.15, 0.2) is 54.6 Å². The van der Waals surface area contributed by atoms with Gasteiger partial charge >= 0.3 is 12.0 Å². The summed E-state index contributed by atoms with van der Waals surface area (Å²) in [4.78, 5) is 38.0. The largest absolute Gasteiger partial charge is 0.465 e. The molecule has 1 fully saturated rings. The summed E-state index contributed by atoms with van der Waals surface area (Å²) in [6.45, 7) is 0.963. The highest BCUT2D eigenvalue weighted by Crippen LogP contribution is 2.17. The van der Waals surface area contributed by atoms with E-state index in [4.69, 9.17) is 4.74 Å². The molecule has 3 rings (SSSR count). The van der Waals surface area contributed by atoms with E-state index in [2.05, 4.69) is 10.6 Å². The summed E-state index contributed by atoms with van der Waals surface area (Å²) in [6, 6.07) is 15.5. The number of rotatable bonds is 5. The Morgan fingerprint density at radius 1 is 1.11 bits per heavy atom. The molecule has 2 N–H and O–H groups in total. The number of nitrogens with zero attached hydrogens (tertiary/aromatic N) is 1. The normalized spacial score (nSPS) is 16.1. The molecular formula is C20H21N3O4. The zero-order chi connectivity index (χ0) is 19.2. The van der Waals surface area contributed by atoms with E-state index in [0.717, 1.165) is 5.56 Å². The van der Waals surface area contributed by atoms with E-state index in [-0.39, 0.29) is 23.9 Å². The molecule has 2 aromatic carbocycles. The first-order valence-corrected chi connectivity index (χ1v) is 8.63. The van der Waals surface area contributed by atoms with Crippen LogP contribution in [0.4, 0.5) is 10.5 Å². The first kappa shape index (κ1) is 18.4. The number of amides is 3. The summed E-state index contributed by atoms with van der Waals surface area (Å²) >= 11 is 0. The second-order valence-electron chi connectivity index (χ2n) is 6.30. The van der Waals surface area contributed by atoms with E-state index in [1.54, 1.807) is 29.2 Å². The third kappa shape index (κ3) is 4.63. The summed E-state index contributed by atoms with van der Waals surface area (Å²) in [5, 5.41) is 5.44. The van der Waals surface area contributed by atoms with Gasteiger partial charge in [0.25, 0.3) is 0 Å². The number of methoxy groups -OCH3 is 1. The smallest absolute Gasteiger partial charge is 0.339 e. The van der Waals surface area contributed by atoms with Crippen molar-refractivity contribution in [1.29, 1.82) is 0 Å². The molecule has 0 spiro atoms. The molecule has 0 radical (unpaired) electrons. The molecule has 1 saturated heterocycles. The number of urea groups is 1. The number of nitrogens with one attached hydrogen (secondary N) is 2. The zero-order valence-corrected chi connectivity index (χ0v) is 15.0. The average molecular weight is 367 g/mol. The lowest BCUT2D eigenvalue weighted by molar-refractivity contribution is -0.128. The molecule has 0 aromatic heterocycles. The topological polar surface area (TPSA) is 87.7 Å². The quantitative estimate of drug-likeness (QED) is 0.795. The molecule has 0 aliphatic carbocycles. The number of ether oxygens (including phenoxy) is 1. The Hall–Kier alpha value is -3.35. The summed E-state index contributed by atoms with van der Waals surface area (Å²) in [7, 11) is 1.28. The Kier molecular flexibility index (Phi) is 5.71. The van der Waals surface area contributed by atoms with Gasteiger partial charge < -0.3 is 20.3 Å². The molecule has 1 atom stereocenters. The summed E-state index contributed by atoms with van der Waals surface area (Å²) in [6.07, 6.45) is 0.249. The molecule has 3 amide bonds. The van der Waals surface area contributed by atoms with Gasteiger partial charge in [0.1, 0.15) is 0 Å². The van der Waals surface area contributed by atoms with Gasteiger partial charge in [-0.25, -0.2) is 9.59 Å². The Labute approximate surface area is 157 Å². The van der Waals surface area contributed by atoms with Crippen LogP contribution in [0.3, 0.4) is 0 Å². The number of anilines is 1. The maximum atomic E-state index is 12.3. The second kappa shape index (κ2) is 8.35. The van der Waals surface area contributed by atoms with Gasteiger partial charge in [-0.05, 0) is 17.7 Å². The fourth-order valence-electron chi connectivity index (χ4n) is 3.05. The molecule has 0 bridgehead atoms. The van der Waals surface area contributed by atoms with E-state index >= 15 is 0 Å². The van der Waals surface area contributed by atoms with Crippen molar-refractivity contribution in [3.8, 4) is 0 Å². The number of hydrogen-bond acceptors (Lipinski definition) is 4. The van der Waals surface area contributed by atoms with Gasteiger partial charge in [0.2, 0.25) is 5.91 Å². The predicted molar refractivity (Wildman–Crippen MR) is 100 cm³/mol. The number of carbonyl (C=O) groups excluding carboxylic acids is 3. The maximum absolute atomic E-state index is 12.3. The molecule has 1 aliphatic heterocycles. The van der Waals surface area contributed by atoms with E-state index < -0.39 is 12.0 Å². The van der Waals surface area contributed by atoms with Crippen molar-refractivity contribution in [2.75, 3.05) is 19.0 Å². The predicted octanol–water partition coefficient (Wildman–Crippen LogP) is 2.40. The lowest BCUT2D eigenvalue weighted by atomic mass is 10.2. The van der Waals surface area contributed by atoms with Crippen LogP contribution in [0, 0.1) is 0 Å². The van der Waals surface area contributed by atoms with Gasteiger partial charge in [-0.15, -0.1) is 0 Å². The van der Waals surface area contributed by atoms with Crippen molar-refractivity contribution in [3.05, 3.63) is 65.7 Å². The van der Waals surface area contributed by atoms with Crippen molar-refractivity contribution in [1.82, 2.24) is 10.2 Å². The highest BCUT2D eigenvalue weighted by atomic mass is 16.5. The Morgan fingerprint density at radius 2 is 1.81 bits per heavy atom. The van der Waals surface area contributed by atoms with Gasteiger partial charge in [0.15, 0.2) is 0 Å². The lowest BCUT2D eigenvalue weighted by Gasteiger charge is -2.17. The van der Waals surface area contributed by atoms with Gasteiger partial charge in [-0.3, -0.25) is 4.79 Å². The summed E-state index contributed by atoms with van der Waals surface area (Å²) < 4.78 is 4.71. The van der Waals surface area contributed by atoms with E-state index in [0.29, 0.717) is 18.8 Å². The minimum Gasteiger partial charge on any atom is -0.465 e. The fraction of sp³-hybridized carbons (Fsp3) is 0.250. The highest BCUT2D eigenvalue weighted by molar-refractivity contribution is 6.01. The van der Waals surface area contributed by atoms with Crippen LogP contribution in [-0.4, -0.2) is 42.5 Å². The van der Waals surface area contributed by atoms with Gasteiger partial charge in [-0.2, -0.15) is 0 Å². The average Bonchev–Trinajstić information content (AvgIpc) is 3.01. The molecule has 1 unspecified atom stereocenters. The van der Waals surface area contributed by atoms with Gasteiger partial charge in [-0.1, -0.05) is 42.5 Å². The molecule has 1 heterocycles. The third-order valence-electron chi connectivity index (χ3n) is 4.35. The van der Waals surface area contributed by atoms with Crippen LogP contribution in [0.5, 0.6) is 0 Å². The summed E-state index contributed by atoms with van der Waals surface area (Å²) in [5.41, 5.74) is 1.67. The lowest BCUT2D eigenvalue weighted by Crippen LogP contribution is -2.39. The third-order valence-corrected chi connectivity index (χ3v) is 4.35. The van der Waals surface area contributed by atoms with E-state index in [9.17, 15) is 14.4 Å². The highest BCUT2D eigenvalue weighted by Gasteiger charge is 2.30. The molecule has 2 aromatic rings. The summed E-state index contributed by atoms with van der Waals surface area (Å²) in [5.74, 6) is -0.532. The molecule has 7 nitrogen and oxygen atoms in total. The molecule has 1 aliphatic rings. The van der Waals surface area contributed by atoms with Gasteiger partial charge in [0, 0.05) is 19.5 Å². The molecular weight excluding hydrogens is 346 g/mol. The van der Waals surface area contributed by atoms with Crippen LogP contribution in [0.2, 0.25) is 0 Å². The SMILES string of the molecule is COC(=O)c1ccccc1NC(=O)NC1CC(=O)N(Cc2ccccc2)C1. The van der Waals surface area contributed by atoms with Crippen LogP contribution < -0.4 is 10.6 Å². The number of para-hydroxylation sites is 1. The Bertz CT molecular complexity index is 838. The van der Waals surface area contributed by atoms with Crippen LogP contribution in [0.1, 0.15) is 22.3 Å². The van der Waals surface area contributed by atoms with Crippen molar-refractivity contribution < 1.29 is 19.1 Å². The van der Waals surface area contributed by atoms with Crippen LogP contribution in [-0.2, 0) is 16.1 Å². The van der Waals surface area contributed by atoms with E-state index in [1.807, 2.05) is 30.3 Å². The number of esters is 1. The fourth-order valence-corrected chi connectivity index (χ4v) is 3.05. The molecule has 0 saturated carbocycles. The van der Waals surface area contributed by atoms with Crippen LogP contribution in [0.25, 0.3) is 0 Å². The number of benzene rings is 2. The van der Waals surface area contributed by atoms with Crippen molar-refractivity contribution in [2.24, 2.45) is 0 Å². The van der Waals surface area contributed by atoms with Crippen molar-refractivity contribution in [3.63, 3.8) is 0 Å². The number of carbonyl (C=O) groups is 3. The standard InChI is InChI=1S/C20H21N3O4/c1-27-19(25)16-9-5-6-10-17(16)22-20(26)21-15-11-18(24)23(13-15)12-14-7-3-2-4-8-14/h2-10,15H,11-13H2,1H3,(H2,21,22,26). The maximum Gasteiger partial charge on any atom is 0.339 e. The number of likely N-dealkylation sites (tertiary alicyclic amines) is 1. The minimum atomic E-state index is -0.531. The second-order valence-corrected chi connectivity index (χ2v) is 6.30. The van der Waals surface area contributed by atoms with Crippen molar-refractivity contribution >= 4 is 23.6 Å². The minimum absolute atomic E-state index is 0.000820. The van der Waals surface area contributed by atoms with Crippen molar-refractivity contribution in [2.45, 2.75) is 19.0 Å². The van der Waals surface area contributed by atoms with E-state index in [1.165, 1.54) is 7.11 Å². The Balaban J connectivity index is 1.58. The number of hydrogen-bond donors (Lipinski definition) is 2. The monoisotopic (exact) mass is 367 g/mol. The Morgan fingerprint density at radius 3 is 2.56 bits per heavy atom. The molecule has 140 valence electrons. The first-order chi connectivity index (χ1) is 13.1. The zero-order valence-electron chi connectivity index (χ0n) is 15.0. The first-order valence-electron chi connectivity index (χ1n) is 8.63. The van der Waals surface area contributed by atoms with Gasteiger partial charge in [0.05, 0.1) is 24.4 Å². The molecule has 7 heteroatoms.